The minimum absolute atomic E-state index is 0.100. The summed E-state index contributed by atoms with van der Waals surface area (Å²) in [4.78, 5) is 20.5. The molecule has 18 heavy (non-hydrogen) atoms. The van der Waals surface area contributed by atoms with Crippen LogP contribution in [0.1, 0.15) is 21.7 Å². The van der Waals surface area contributed by atoms with Gasteiger partial charge >= 0.3 is 0 Å². The van der Waals surface area contributed by atoms with Crippen LogP contribution in [0.3, 0.4) is 0 Å². The Morgan fingerprint density at radius 3 is 2.56 bits per heavy atom. The highest BCUT2D eigenvalue weighted by molar-refractivity contribution is 7.99. The van der Waals surface area contributed by atoms with E-state index >= 15 is 0 Å². The molecule has 0 saturated heterocycles. The van der Waals surface area contributed by atoms with Crippen molar-refractivity contribution in [1.29, 1.82) is 0 Å². The van der Waals surface area contributed by atoms with Gasteiger partial charge in [-0.1, -0.05) is 11.8 Å². The van der Waals surface area contributed by atoms with Crippen LogP contribution in [0.2, 0.25) is 0 Å². The maximum Gasteiger partial charge on any atom is 0.188 e. The maximum atomic E-state index is 11.9. The van der Waals surface area contributed by atoms with Crippen molar-refractivity contribution in [3.63, 3.8) is 0 Å². The SMILES string of the molecule is Cc1cc(C)nc(SCC(=O)c2ccn(C)c2)n1. The Labute approximate surface area is 110 Å². The molecule has 4 nitrogen and oxygen atoms in total. The molecule has 0 bridgehead atoms. The lowest BCUT2D eigenvalue weighted by Gasteiger charge is -2.01. The van der Waals surface area contributed by atoms with Crippen LogP contribution in [0, 0.1) is 13.8 Å². The number of ketones is 1. The first-order valence-electron chi connectivity index (χ1n) is 5.65. The fourth-order valence-electron chi connectivity index (χ4n) is 1.64. The van der Waals surface area contributed by atoms with Crippen molar-refractivity contribution < 1.29 is 4.79 Å². The van der Waals surface area contributed by atoms with Crippen molar-refractivity contribution >= 4 is 17.5 Å². The van der Waals surface area contributed by atoms with Gasteiger partial charge < -0.3 is 4.57 Å². The average molecular weight is 261 g/mol. The molecule has 0 saturated carbocycles. The smallest absolute Gasteiger partial charge is 0.188 e. The molecular weight excluding hydrogens is 246 g/mol. The number of aromatic nitrogens is 3. The molecule has 5 heteroatoms. The van der Waals surface area contributed by atoms with Gasteiger partial charge in [0.15, 0.2) is 10.9 Å². The quantitative estimate of drug-likeness (QED) is 0.482. The average Bonchev–Trinajstić information content (AvgIpc) is 2.71. The summed E-state index contributed by atoms with van der Waals surface area (Å²) in [5, 5.41) is 0.664. The van der Waals surface area contributed by atoms with Crippen molar-refractivity contribution in [2.75, 3.05) is 5.75 Å². The Kier molecular flexibility index (Phi) is 3.81. The molecule has 0 aromatic carbocycles. The highest BCUT2D eigenvalue weighted by Crippen LogP contribution is 2.16. The molecule has 0 aliphatic heterocycles. The van der Waals surface area contributed by atoms with Crippen molar-refractivity contribution in [2.45, 2.75) is 19.0 Å². The number of rotatable bonds is 4. The van der Waals surface area contributed by atoms with Gasteiger partial charge in [0.1, 0.15) is 0 Å². The third-order valence-electron chi connectivity index (χ3n) is 2.45. The maximum absolute atomic E-state index is 11.9. The summed E-state index contributed by atoms with van der Waals surface area (Å²) < 4.78 is 1.87. The summed E-state index contributed by atoms with van der Waals surface area (Å²) in [6.07, 6.45) is 3.69. The van der Waals surface area contributed by atoms with E-state index in [1.807, 2.05) is 50.0 Å². The van der Waals surface area contributed by atoms with E-state index in [4.69, 9.17) is 0 Å². The lowest BCUT2D eigenvalue weighted by atomic mass is 10.2. The first-order chi connectivity index (χ1) is 8.54. The number of carbonyl (C=O) groups is 1. The lowest BCUT2D eigenvalue weighted by molar-refractivity contribution is 0.102. The van der Waals surface area contributed by atoms with Crippen LogP contribution >= 0.6 is 11.8 Å². The second kappa shape index (κ2) is 5.35. The van der Waals surface area contributed by atoms with Gasteiger partial charge in [0.25, 0.3) is 0 Å². The Balaban J connectivity index is 2.01. The third-order valence-corrected chi connectivity index (χ3v) is 3.30. The lowest BCUT2D eigenvalue weighted by Crippen LogP contribution is -2.02. The number of aryl methyl sites for hydroxylation is 3. The summed E-state index contributed by atoms with van der Waals surface area (Å²) in [6.45, 7) is 3.86. The first-order valence-corrected chi connectivity index (χ1v) is 6.63. The Morgan fingerprint density at radius 1 is 1.33 bits per heavy atom. The predicted molar refractivity (Wildman–Crippen MR) is 72.0 cm³/mol. The molecule has 0 radical (unpaired) electrons. The summed E-state index contributed by atoms with van der Waals surface area (Å²) in [5.74, 6) is 0.468. The molecule has 0 N–H and O–H groups in total. The van der Waals surface area contributed by atoms with Gasteiger partial charge in [-0.3, -0.25) is 4.79 Å². The molecule has 2 aromatic heterocycles. The zero-order chi connectivity index (χ0) is 13.1. The summed E-state index contributed by atoms with van der Waals surface area (Å²) in [6, 6.07) is 3.74. The van der Waals surface area contributed by atoms with Gasteiger partial charge in [-0.15, -0.1) is 0 Å². The molecule has 0 amide bonds. The van der Waals surface area contributed by atoms with E-state index in [9.17, 15) is 4.79 Å². The number of carbonyl (C=O) groups excluding carboxylic acids is 1. The van der Waals surface area contributed by atoms with E-state index in [1.165, 1.54) is 11.8 Å². The molecule has 2 heterocycles. The molecule has 94 valence electrons. The molecule has 2 aromatic rings. The second-order valence-corrected chi connectivity index (χ2v) is 5.15. The van der Waals surface area contributed by atoms with E-state index in [0.29, 0.717) is 10.9 Å². The standard InChI is InChI=1S/C13H15N3OS/c1-9-6-10(2)15-13(14-9)18-8-12(17)11-4-5-16(3)7-11/h4-7H,8H2,1-3H3. The largest absolute Gasteiger partial charge is 0.357 e. The highest BCUT2D eigenvalue weighted by atomic mass is 32.2. The molecule has 0 aliphatic carbocycles. The van der Waals surface area contributed by atoms with Gasteiger partial charge in [0.05, 0.1) is 5.75 Å². The molecule has 0 spiro atoms. The van der Waals surface area contributed by atoms with E-state index in [0.717, 1.165) is 17.0 Å². The predicted octanol–water partition coefficient (Wildman–Crippen LogP) is 2.41. The minimum Gasteiger partial charge on any atom is -0.357 e. The zero-order valence-electron chi connectivity index (χ0n) is 10.7. The van der Waals surface area contributed by atoms with Crippen LogP contribution in [0.5, 0.6) is 0 Å². The molecule has 0 atom stereocenters. The second-order valence-electron chi connectivity index (χ2n) is 4.21. The Hall–Kier alpha value is -1.62. The number of nitrogens with zero attached hydrogens (tertiary/aromatic N) is 3. The van der Waals surface area contributed by atoms with Crippen LogP contribution in [-0.4, -0.2) is 26.1 Å². The third kappa shape index (κ3) is 3.20. The van der Waals surface area contributed by atoms with Crippen molar-refractivity contribution in [1.82, 2.24) is 14.5 Å². The Morgan fingerprint density at radius 2 is 2.00 bits per heavy atom. The fraction of sp³-hybridized carbons (Fsp3) is 0.308. The zero-order valence-corrected chi connectivity index (χ0v) is 11.5. The molecule has 2 rings (SSSR count). The van der Waals surface area contributed by atoms with E-state index < -0.39 is 0 Å². The van der Waals surface area contributed by atoms with E-state index in [2.05, 4.69) is 9.97 Å². The van der Waals surface area contributed by atoms with Crippen molar-refractivity contribution in [3.05, 3.63) is 41.5 Å². The summed E-state index contributed by atoms with van der Waals surface area (Å²) in [5.41, 5.74) is 2.59. The number of thioether (sulfide) groups is 1. The minimum atomic E-state index is 0.100. The topological polar surface area (TPSA) is 47.8 Å². The number of hydrogen-bond donors (Lipinski definition) is 0. The van der Waals surface area contributed by atoms with Gasteiger partial charge in [-0.2, -0.15) is 0 Å². The Bertz CT molecular complexity index is 557. The van der Waals surface area contributed by atoms with Crippen LogP contribution in [-0.2, 0) is 7.05 Å². The molecule has 0 unspecified atom stereocenters. The van der Waals surface area contributed by atoms with Crippen LogP contribution in [0.4, 0.5) is 0 Å². The molecular formula is C13H15N3OS. The van der Waals surface area contributed by atoms with Crippen LogP contribution in [0.25, 0.3) is 0 Å². The van der Waals surface area contributed by atoms with Gasteiger partial charge in [-0.25, -0.2) is 9.97 Å². The van der Waals surface area contributed by atoms with E-state index in [-0.39, 0.29) is 5.78 Å². The van der Waals surface area contributed by atoms with E-state index in [1.54, 1.807) is 0 Å². The monoisotopic (exact) mass is 261 g/mol. The van der Waals surface area contributed by atoms with Gasteiger partial charge in [-0.05, 0) is 26.0 Å². The normalized spacial score (nSPS) is 10.6. The molecule has 0 fully saturated rings. The first kappa shape index (κ1) is 12.8. The highest BCUT2D eigenvalue weighted by Gasteiger charge is 2.09. The fourth-order valence-corrected chi connectivity index (χ4v) is 2.48. The van der Waals surface area contributed by atoms with Gasteiger partial charge in [0.2, 0.25) is 0 Å². The van der Waals surface area contributed by atoms with Gasteiger partial charge in [0, 0.05) is 36.4 Å². The van der Waals surface area contributed by atoms with Crippen molar-refractivity contribution in [3.8, 4) is 0 Å². The van der Waals surface area contributed by atoms with Crippen LogP contribution < -0.4 is 0 Å². The summed E-state index contributed by atoms with van der Waals surface area (Å²) in [7, 11) is 1.90. The number of Topliss-reactive ketones (excluding diaryl/α,β-unsaturated/α-hetero) is 1. The summed E-state index contributed by atoms with van der Waals surface area (Å²) >= 11 is 1.38. The number of hydrogen-bond acceptors (Lipinski definition) is 4. The van der Waals surface area contributed by atoms with Crippen LogP contribution in [0.15, 0.2) is 29.7 Å². The molecule has 0 aliphatic rings. The van der Waals surface area contributed by atoms with Crippen molar-refractivity contribution in [2.24, 2.45) is 7.05 Å².